The highest BCUT2D eigenvalue weighted by Gasteiger charge is 2.20. The van der Waals surface area contributed by atoms with Gasteiger partial charge in [0.15, 0.2) is 0 Å². The lowest BCUT2D eigenvalue weighted by molar-refractivity contribution is 0.558. The van der Waals surface area contributed by atoms with Crippen LogP contribution in [0.15, 0.2) is 30.9 Å². The van der Waals surface area contributed by atoms with Gasteiger partial charge in [0.25, 0.3) is 0 Å². The van der Waals surface area contributed by atoms with Crippen molar-refractivity contribution >= 4 is 11.6 Å². The molecule has 0 aliphatic carbocycles. The van der Waals surface area contributed by atoms with Crippen molar-refractivity contribution in [2.24, 2.45) is 0 Å². The molecule has 1 N–H and O–H groups in total. The molecule has 96 valence electrons. The molecule has 0 saturated heterocycles. The van der Waals surface area contributed by atoms with E-state index in [1.165, 1.54) is 0 Å². The summed E-state index contributed by atoms with van der Waals surface area (Å²) in [6, 6.07) is 1.94. The molecule has 2 aromatic rings. The zero-order valence-corrected chi connectivity index (χ0v) is 11.4. The largest absolute Gasteiger partial charge is 0.334 e. The van der Waals surface area contributed by atoms with Crippen LogP contribution in [0.5, 0.6) is 0 Å². The fourth-order valence-corrected chi connectivity index (χ4v) is 2.24. The second-order valence-electron chi connectivity index (χ2n) is 3.96. The van der Waals surface area contributed by atoms with Crippen molar-refractivity contribution in [3.05, 3.63) is 47.3 Å². The maximum atomic E-state index is 6.23. The first-order chi connectivity index (χ1) is 8.77. The Balaban J connectivity index is 2.43. The summed E-state index contributed by atoms with van der Waals surface area (Å²) >= 11 is 6.23. The van der Waals surface area contributed by atoms with Crippen molar-refractivity contribution in [3.63, 3.8) is 0 Å². The minimum absolute atomic E-state index is 0.000417. The molecule has 1 atom stereocenters. The summed E-state index contributed by atoms with van der Waals surface area (Å²) < 4.78 is 2.12. The second kappa shape index (κ2) is 5.98. The Bertz CT molecular complexity index is 509. The Hall–Kier alpha value is -1.39. The van der Waals surface area contributed by atoms with E-state index < -0.39 is 0 Å². The predicted octanol–water partition coefficient (Wildman–Crippen LogP) is 2.65. The van der Waals surface area contributed by atoms with E-state index in [-0.39, 0.29) is 6.04 Å². The molecule has 1 unspecified atom stereocenters. The topological polar surface area (TPSA) is 42.7 Å². The lowest BCUT2D eigenvalue weighted by Crippen LogP contribution is -2.25. The minimum Gasteiger partial charge on any atom is -0.334 e. The fraction of sp³-hybridized carbons (Fsp3) is 0.385. The smallest absolute Gasteiger partial charge is 0.130 e. The maximum Gasteiger partial charge on any atom is 0.130 e. The molecular formula is C13H17ClN4. The predicted molar refractivity (Wildman–Crippen MR) is 72.7 cm³/mol. The summed E-state index contributed by atoms with van der Waals surface area (Å²) in [5.74, 6) is 0.979. The third kappa shape index (κ3) is 2.54. The van der Waals surface area contributed by atoms with Gasteiger partial charge in [-0.3, -0.25) is 4.98 Å². The molecule has 0 saturated carbocycles. The van der Waals surface area contributed by atoms with Crippen molar-refractivity contribution in [2.45, 2.75) is 26.4 Å². The highest BCUT2D eigenvalue weighted by atomic mass is 35.5. The summed E-state index contributed by atoms with van der Waals surface area (Å²) in [4.78, 5) is 8.47. The zero-order valence-electron chi connectivity index (χ0n) is 10.6. The normalized spacial score (nSPS) is 12.6. The molecule has 0 spiro atoms. The Labute approximate surface area is 112 Å². The number of rotatable bonds is 5. The molecule has 0 aliphatic heterocycles. The lowest BCUT2D eigenvalue weighted by atomic mass is 10.1. The van der Waals surface area contributed by atoms with Crippen LogP contribution in [0.4, 0.5) is 0 Å². The maximum absolute atomic E-state index is 6.23. The van der Waals surface area contributed by atoms with E-state index in [1.807, 2.05) is 18.5 Å². The van der Waals surface area contributed by atoms with Crippen LogP contribution in [0.3, 0.4) is 0 Å². The van der Waals surface area contributed by atoms with Crippen LogP contribution in [-0.4, -0.2) is 21.1 Å². The van der Waals surface area contributed by atoms with Crippen LogP contribution in [0, 0.1) is 0 Å². The van der Waals surface area contributed by atoms with Crippen LogP contribution < -0.4 is 5.32 Å². The van der Waals surface area contributed by atoms with Crippen LogP contribution in [0.2, 0.25) is 5.02 Å². The van der Waals surface area contributed by atoms with Gasteiger partial charge in [0.05, 0.1) is 11.1 Å². The first-order valence-corrected chi connectivity index (χ1v) is 6.49. The quantitative estimate of drug-likeness (QED) is 0.903. The molecule has 0 aromatic carbocycles. The number of aryl methyl sites for hydroxylation is 1. The summed E-state index contributed by atoms with van der Waals surface area (Å²) in [6.07, 6.45) is 7.22. The molecular weight excluding hydrogens is 248 g/mol. The number of aromatic nitrogens is 3. The van der Waals surface area contributed by atoms with Gasteiger partial charge in [0.2, 0.25) is 0 Å². The Morgan fingerprint density at radius 3 is 2.89 bits per heavy atom. The number of nitrogens with zero attached hydrogens (tertiary/aromatic N) is 3. The summed E-state index contributed by atoms with van der Waals surface area (Å²) in [5, 5.41) is 4.08. The van der Waals surface area contributed by atoms with Gasteiger partial charge in [-0.2, -0.15) is 0 Å². The van der Waals surface area contributed by atoms with Gasteiger partial charge in [-0.25, -0.2) is 4.98 Å². The monoisotopic (exact) mass is 264 g/mol. The summed E-state index contributed by atoms with van der Waals surface area (Å²) in [7, 11) is 0. The standard InChI is InChI=1S/C13H17ClN4/c1-3-16-12(10-5-6-15-9-11(10)14)13-17-7-8-18(13)4-2/h5-9,12,16H,3-4H2,1-2H3. The van der Waals surface area contributed by atoms with Gasteiger partial charge in [0.1, 0.15) is 5.82 Å². The highest BCUT2D eigenvalue weighted by Crippen LogP contribution is 2.26. The van der Waals surface area contributed by atoms with E-state index in [1.54, 1.807) is 12.4 Å². The molecule has 0 amide bonds. The van der Waals surface area contributed by atoms with Gasteiger partial charge in [-0.15, -0.1) is 0 Å². The second-order valence-corrected chi connectivity index (χ2v) is 4.37. The number of imidazole rings is 1. The summed E-state index contributed by atoms with van der Waals surface area (Å²) in [6.45, 7) is 5.91. The molecule has 0 radical (unpaired) electrons. The Morgan fingerprint density at radius 2 is 2.22 bits per heavy atom. The van der Waals surface area contributed by atoms with E-state index in [0.29, 0.717) is 5.02 Å². The number of hydrogen-bond donors (Lipinski definition) is 1. The van der Waals surface area contributed by atoms with Gasteiger partial charge >= 0.3 is 0 Å². The Morgan fingerprint density at radius 1 is 1.39 bits per heavy atom. The van der Waals surface area contributed by atoms with Gasteiger partial charge in [-0.1, -0.05) is 18.5 Å². The highest BCUT2D eigenvalue weighted by molar-refractivity contribution is 6.31. The molecule has 5 heteroatoms. The summed E-state index contributed by atoms with van der Waals surface area (Å²) in [5.41, 5.74) is 1.01. The average Bonchev–Trinajstić information content (AvgIpc) is 2.85. The minimum atomic E-state index is 0.000417. The first kappa shape index (κ1) is 13.1. The number of pyridine rings is 1. The van der Waals surface area contributed by atoms with E-state index >= 15 is 0 Å². The molecule has 0 fully saturated rings. The number of nitrogens with one attached hydrogen (secondary N) is 1. The van der Waals surface area contributed by atoms with E-state index in [9.17, 15) is 0 Å². The SMILES string of the molecule is CCNC(c1ccncc1Cl)c1nccn1CC. The molecule has 2 rings (SSSR count). The van der Waals surface area contributed by atoms with Crippen molar-refractivity contribution in [2.75, 3.05) is 6.54 Å². The van der Waals surface area contributed by atoms with Crippen molar-refractivity contribution in [3.8, 4) is 0 Å². The first-order valence-electron chi connectivity index (χ1n) is 6.11. The molecule has 2 aromatic heterocycles. The molecule has 2 heterocycles. The van der Waals surface area contributed by atoms with E-state index in [2.05, 4.69) is 33.7 Å². The van der Waals surface area contributed by atoms with Crippen molar-refractivity contribution in [1.29, 1.82) is 0 Å². The Kier molecular flexibility index (Phi) is 4.33. The van der Waals surface area contributed by atoms with E-state index in [4.69, 9.17) is 11.6 Å². The third-order valence-electron chi connectivity index (χ3n) is 2.87. The van der Waals surface area contributed by atoms with Crippen LogP contribution >= 0.6 is 11.6 Å². The lowest BCUT2D eigenvalue weighted by Gasteiger charge is -2.19. The van der Waals surface area contributed by atoms with Gasteiger partial charge in [0, 0.05) is 31.3 Å². The van der Waals surface area contributed by atoms with Crippen molar-refractivity contribution in [1.82, 2.24) is 19.9 Å². The molecule has 18 heavy (non-hydrogen) atoms. The third-order valence-corrected chi connectivity index (χ3v) is 3.19. The molecule has 4 nitrogen and oxygen atoms in total. The van der Waals surface area contributed by atoms with Crippen molar-refractivity contribution < 1.29 is 0 Å². The fourth-order valence-electron chi connectivity index (χ4n) is 2.01. The average molecular weight is 265 g/mol. The number of halogens is 1. The van der Waals surface area contributed by atoms with Crippen LogP contribution in [-0.2, 0) is 6.54 Å². The van der Waals surface area contributed by atoms with Gasteiger partial charge in [-0.05, 0) is 25.1 Å². The zero-order chi connectivity index (χ0) is 13.0. The van der Waals surface area contributed by atoms with E-state index in [0.717, 1.165) is 24.5 Å². The van der Waals surface area contributed by atoms with Crippen LogP contribution in [0.25, 0.3) is 0 Å². The molecule has 0 aliphatic rings. The molecule has 0 bridgehead atoms. The van der Waals surface area contributed by atoms with Crippen LogP contribution in [0.1, 0.15) is 31.3 Å². The number of hydrogen-bond acceptors (Lipinski definition) is 3. The van der Waals surface area contributed by atoms with Gasteiger partial charge < -0.3 is 9.88 Å².